The molecule has 3 aromatic carbocycles. The van der Waals surface area contributed by atoms with Crippen molar-refractivity contribution in [2.24, 2.45) is 5.92 Å². The number of hydrogen-bond donors (Lipinski definition) is 2. The largest absolute Gasteiger partial charge is 0.497 e. The lowest BCUT2D eigenvalue weighted by Gasteiger charge is -2.33. The number of hydrogen-bond acceptors (Lipinski definition) is 4. The van der Waals surface area contributed by atoms with E-state index in [-0.39, 0.29) is 23.8 Å². The molecule has 2 amide bonds. The van der Waals surface area contributed by atoms with Gasteiger partial charge < -0.3 is 20.1 Å². The highest BCUT2D eigenvalue weighted by molar-refractivity contribution is 6.01. The first-order valence-electron chi connectivity index (χ1n) is 10.6. The summed E-state index contributed by atoms with van der Waals surface area (Å²) in [6, 6.07) is 20.1. The molecule has 0 radical (unpaired) electrons. The maximum absolute atomic E-state index is 13.1. The zero-order chi connectivity index (χ0) is 22.5. The fourth-order valence-corrected chi connectivity index (χ4v) is 5.20. The summed E-state index contributed by atoms with van der Waals surface area (Å²) in [6.07, 6.45) is 0. The van der Waals surface area contributed by atoms with E-state index in [0.717, 1.165) is 16.7 Å². The molecule has 5 rings (SSSR count). The van der Waals surface area contributed by atoms with Crippen molar-refractivity contribution in [3.8, 4) is 11.5 Å². The van der Waals surface area contributed by atoms with Crippen LogP contribution < -0.4 is 20.1 Å². The molecule has 2 N–H and O–H groups in total. The van der Waals surface area contributed by atoms with Gasteiger partial charge in [-0.05, 0) is 35.4 Å². The van der Waals surface area contributed by atoms with Crippen molar-refractivity contribution in [2.75, 3.05) is 14.2 Å². The molecule has 0 unspecified atom stereocenters. The van der Waals surface area contributed by atoms with Gasteiger partial charge in [-0.15, -0.1) is 0 Å². The Bertz CT molecular complexity index is 1220. The first-order valence-corrected chi connectivity index (χ1v) is 10.6. The van der Waals surface area contributed by atoms with Gasteiger partial charge in [0.05, 0.1) is 25.8 Å². The molecule has 1 spiro atoms. The van der Waals surface area contributed by atoms with Crippen LogP contribution in [0.3, 0.4) is 0 Å². The average Bonchev–Trinajstić information content (AvgIpc) is 3.26. The summed E-state index contributed by atoms with van der Waals surface area (Å²) >= 11 is 0. The Balaban J connectivity index is 1.71. The molecule has 3 aromatic rings. The van der Waals surface area contributed by atoms with Crippen molar-refractivity contribution in [3.63, 3.8) is 0 Å². The van der Waals surface area contributed by atoms with Crippen LogP contribution in [0.25, 0.3) is 0 Å². The Morgan fingerprint density at radius 1 is 0.969 bits per heavy atom. The lowest BCUT2D eigenvalue weighted by molar-refractivity contribution is 0.0895. The topological polar surface area (TPSA) is 76.7 Å². The van der Waals surface area contributed by atoms with Crippen LogP contribution in [0.2, 0.25) is 0 Å². The molecule has 1 heterocycles. The maximum Gasteiger partial charge on any atom is 0.252 e. The third-order valence-electron chi connectivity index (χ3n) is 6.72. The van der Waals surface area contributed by atoms with Crippen LogP contribution in [-0.4, -0.2) is 26.0 Å². The van der Waals surface area contributed by atoms with Crippen molar-refractivity contribution < 1.29 is 19.1 Å². The molecule has 32 heavy (non-hydrogen) atoms. The second kappa shape index (κ2) is 7.41. The molecule has 0 fully saturated rings. The Hall–Kier alpha value is -3.80. The number of fused-ring (bicyclic) bond motifs is 4. The van der Waals surface area contributed by atoms with Crippen LogP contribution in [0.4, 0.5) is 0 Å². The Morgan fingerprint density at radius 2 is 1.69 bits per heavy atom. The van der Waals surface area contributed by atoms with Gasteiger partial charge in [-0.3, -0.25) is 9.59 Å². The van der Waals surface area contributed by atoms with Crippen LogP contribution in [0.15, 0.2) is 66.7 Å². The van der Waals surface area contributed by atoms with Gasteiger partial charge in [0, 0.05) is 28.7 Å². The van der Waals surface area contributed by atoms with E-state index in [1.165, 1.54) is 0 Å². The van der Waals surface area contributed by atoms with E-state index in [4.69, 9.17) is 9.47 Å². The number of amides is 2. The summed E-state index contributed by atoms with van der Waals surface area (Å²) in [5, 5.41) is 6.44. The van der Waals surface area contributed by atoms with E-state index in [1.807, 2.05) is 61.5 Å². The van der Waals surface area contributed by atoms with Crippen molar-refractivity contribution >= 4 is 11.8 Å². The minimum Gasteiger partial charge on any atom is -0.497 e. The van der Waals surface area contributed by atoms with Gasteiger partial charge in [0.15, 0.2) is 0 Å². The monoisotopic (exact) mass is 428 g/mol. The normalized spacial score (nSPS) is 22.8. The number of carbonyl (C=O) groups is 2. The standard InChI is InChI=1S/C26H24N2O4/c1-15-23(27-24(29)16-9-5-4-6-10-16)22-20(13-17(31-2)14-21(22)32-3)26(15)19-12-8-7-11-18(19)25(30)28-26/h4-15,23H,1-3H3,(H,27,29)(H,28,30)/t15-,23-,26+/m1/s1. The van der Waals surface area contributed by atoms with Crippen molar-refractivity contribution in [1.82, 2.24) is 10.6 Å². The van der Waals surface area contributed by atoms with Crippen LogP contribution in [-0.2, 0) is 5.54 Å². The molecule has 2 aliphatic rings. The van der Waals surface area contributed by atoms with E-state index >= 15 is 0 Å². The Labute approximate surface area is 186 Å². The number of carbonyl (C=O) groups excluding carboxylic acids is 2. The van der Waals surface area contributed by atoms with E-state index in [9.17, 15) is 9.59 Å². The molecule has 162 valence electrons. The van der Waals surface area contributed by atoms with Crippen molar-refractivity contribution in [2.45, 2.75) is 18.5 Å². The molecule has 1 aliphatic heterocycles. The van der Waals surface area contributed by atoms with Crippen LogP contribution in [0.1, 0.15) is 50.4 Å². The van der Waals surface area contributed by atoms with Gasteiger partial charge in [0.2, 0.25) is 0 Å². The van der Waals surface area contributed by atoms with Gasteiger partial charge in [0.1, 0.15) is 11.5 Å². The summed E-state index contributed by atoms with van der Waals surface area (Å²) in [5.41, 5.74) is 3.03. The van der Waals surface area contributed by atoms with Gasteiger partial charge in [0.25, 0.3) is 11.8 Å². The second-order valence-corrected chi connectivity index (χ2v) is 8.20. The average molecular weight is 428 g/mol. The third-order valence-corrected chi connectivity index (χ3v) is 6.72. The zero-order valence-corrected chi connectivity index (χ0v) is 18.1. The van der Waals surface area contributed by atoms with Crippen LogP contribution >= 0.6 is 0 Å². The molecule has 3 atom stereocenters. The molecule has 0 aromatic heterocycles. The SMILES string of the molecule is COc1cc(OC)c2c(c1)[C@]1(NC(=O)c3ccccc31)[C@H](C)[C@H]2NC(=O)c1ccccc1. The highest BCUT2D eigenvalue weighted by Gasteiger charge is 2.57. The minimum atomic E-state index is -0.806. The Morgan fingerprint density at radius 3 is 2.41 bits per heavy atom. The number of rotatable bonds is 4. The lowest BCUT2D eigenvalue weighted by Crippen LogP contribution is -2.46. The first-order chi connectivity index (χ1) is 15.5. The minimum absolute atomic E-state index is 0.129. The summed E-state index contributed by atoms with van der Waals surface area (Å²) < 4.78 is 11.3. The smallest absolute Gasteiger partial charge is 0.252 e. The maximum atomic E-state index is 13.1. The van der Waals surface area contributed by atoms with Gasteiger partial charge >= 0.3 is 0 Å². The lowest BCUT2D eigenvalue weighted by atomic mass is 9.78. The molecule has 0 bridgehead atoms. The fourth-order valence-electron chi connectivity index (χ4n) is 5.20. The number of nitrogens with one attached hydrogen (secondary N) is 2. The number of benzene rings is 3. The highest BCUT2D eigenvalue weighted by atomic mass is 16.5. The molecular weight excluding hydrogens is 404 g/mol. The van der Waals surface area contributed by atoms with E-state index in [0.29, 0.717) is 22.6 Å². The zero-order valence-electron chi connectivity index (χ0n) is 18.1. The number of methoxy groups -OCH3 is 2. The molecule has 1 aliphatic carbocycles. The first kappa shape index (κ1) is 20.1. The second-order valence-electron chi connectivity index (χ2n) is 8.20. The van der Waals surface area contributed by atoms with E-state index in [1.54, 1.807) is 26.4 Å². The molecule has 0 saturated heterocycles. The summed E-state index contributed by atoms with van der Waals surface area (Å²) in [7, 11) is 3.20. The van der Waals surface area contributed by atoms with Crippen molar-refractivity contribution in [3.05, 3.63) is 94.5 Å². The third kappa shape index (κ3) is 2.72. The molecule has 6 heteroatoms. The van der Waals surface area contributed by atoms with Gasteiger partial charge in [-0.25, -0.2) is 0 Å². The predicted molar refractivity (Wildman–Crippen MR) is 120 cm³/mol. The van der Waals surface area contributed by atoms with Crippen LogP contribution in [0, 0.1) is 5.92 Å². The van der Waals surface area contributed by atoms with Crippen LogP contribution in [0.5, 0.6) is 11.5 Å². The summed E-state index contributed by atoms with van der Waals surface area (Å²) in [6.45, 7) is 2.05. The quantitative estimate of drug-likeness (QED) is 0.663. The number of ether oxygens (including phenoxy) is 2. The Kier molecular flexibility index (Phi) is 4.66. The molecule has 0 saturated carbocycles. The van der Waals surface area contributed by atoms with E-state index < -0.39 is 5.54 Å². The van der Waals surface area contributed by atoms with Gasteiger partial charge in [-0.2, -0.15) is 0 Å². The van der Waals surface area contributed by atoms with E-state index in [2.05, 4.69) is 10.6 Å². The van der Waals surface area contributed by atoms with Gasteiger partial charge in [-0.1, -0.05) is 43.3 Å². The summed E-state index contributed by atoms with van der Waals surface area (Å²) in [4.78, 5) is 26.1. The predicted octanol–water partition coefficient (Wildman–Crippen LogP) is 3.81. The molecule has 6 nitrogen and oxygen atoms in total. The van der Waals surface area contributed by atoms with Crippen molar-refractivity contribution in [1.29, 1.82) is 0 Å². The fraction of sp³-hybridized carbons (Fsp3) is 0.231. The molecular formula is C26H24N2O4. The summed E-state index contributed by atoms with van der Waals surface area (Å²) in [5.74, 6) is 0.746. The highest BCUT2D eigenvalue weighted by Crippen LogP contribution is 2.57.